The number of nitriles is 1. The fourth-order valence-electron chi connectivity index (χ4n) is 1.79. The number of thiazole rings is 1. The minimum absolute atomic E-state index is 0.400. The monoisotopic (exact) mass is 313 g/mol. The molecule has 1 heterocycles. The van der Waals surface area contributed by atoms with Gasteiger partial charge in [0.25, 0.3) is 0 Å². The number of hydrogen-bond donors (Lipinski definition) is 1. The SMILES string of the molecule is COC(=O)c1ccc(C)c(N/C=C(\C#N)c2nc(C)cs2)c1. The van der Waals surface area contributed by atoms with E-state index in [0.29, 0.717) is 16.1 Å². The molecular weight excluding hydrogens is 298 g/mol. The maximum Gasteiger partial charge on any atom is 0.337 e. The highest BCUT2D eigenvalue weighted by Gasteiger charge is 2.09. The summed E-state index contributed by atoms with van der Waals surface area (Å²) >= 11 is 1.42. The zero-order chi connectivity index (χ0) is 16.1. The number of hydrogen-bond acceptors (Lipinski definition) is 6. The Bertz CT molecular complexity index is 772. The molecule has 1 aromatic heterocycles. The summed E-state index contributed by atoms with van der Waals surface area (Å²) in [5.41, 5.74) is 3.47. The average Bonchev–Trinajstić information content (AvgIpc) is 2.95. The van der Waals surface area contributed by atoms with Gasteiger partial charge in [-0.05, 0) is 31.5 Å². The predicted octanol–water partition coefficient (Wildman–Crippen LogP) is 3.52. The van der Waals surface area contributed by atoms with Crippen LogP contribution in [-0.2, 0) is 4.74 Å². The van der Waals surface area contributed by atoms with Crippen LogP contribution in [0.5, 0.6) is 0 Å². The summed E-state index contributed by atoms with van der Waals surface area (Å²) in [5.74, 6) is -0.400. The van der Waals surface area contributed by atoms with Crippen molar-refractivity contribution in [3.63, 3.8) is 0 Å². The number of carbonyl (C=O) groups excluding carboxylic acids is 1. The quantitative estimate of drug-likeness (QED) is 0.690. The first-order chi connectivity index (χ1) is 10.5. The van der Waals surface area contributed by atoms with Crippen LogP contribution in [0.4, 0.5) is 5.69 Å². The molecule has 5 nitrogen and oxygen atoms in total. The van der Waals surface area contributed by atoms with Gasteiger partial charge in [-0.3, -0.25) is 0 Å². The van der Waals surface area contributed by atoms with Crippen LogP contribution in [0.15, 0.2) is 29.8 Å². The van der Waals surface area contributed by atoms with Crippen molar-refractivity contribution in [1.29, 1.82) is 5.26 Å². The highest BCUT2D eigenvalue weighted by atomic mass is 32.1. The van der Waals surface area contributed by atoms with Crippen LogP contribution in [0.3, 0.4) is 0 Å². The van der Waals surface area contributed by atoms with Gasteiger partial charge in [0.1, 0.15) is 16.6 Å². The molecule has 2 rings (SSSR count). The largest absolute Gasteiger partial charge is 0.465 e. The van der Waals surface area contributed by atoms with Crippen LogP contribution < -0.4 is 5.32 Å². The van der Waals surface area contributed by atoms with E-state index in [9.17, 15) is 10.1 Å². The van der Waals surface area contributed by atoms with Crippen LogP contribution in [0.25, 0.3) is 5.57 Å². The zero-order valence-corrected chi connectivity index (χ0v) is 13.3. The minimum atomic E-state index is -0.400. The summed E-state index contributed by atoms with van der Waals surface area (Å²) < 4.78 is 4.71. The number of ether oxygens (including phenoxy) is 1. The molecule has 0 bridgehead atoms. The number of rotatable bonds is 4. The molecule has 0 aliphatic carbocycles. The molecule has 0 unspecified atom stereocenters. The molecule has 0 aliphatic heterocycles. The van der Waals surface area contributed by atoms with Crippen molar-refractivity contribution in [1.82, 2.24) is 4.98 Å². The summed E-state index contributed by atoms with van der Waals surface area (Å²) in [7, 11) is 1.34. The van der Waals surface area contributed by atoms with Crippen LogP contribution >= 0.6 is 11.3 Å². The Morgan fingerprint density at radius 2 is 2.23 bits per heavy atom. The molecular formula is C16H15N3O2S. The van der Waals surface area contributed by atoms with Gasteiger partial charge in [0, 0.05) is 23.0 Å². The lowest BCUT2D eigenvalue weighted by Gasteiger charge is -2.08. The first kappa shape index (κ1) is 15.7. The van der Waals surface area contributed by atoms with Crippen molar-refractivity contribution in [3.05, 3.63) is 51.6 Å². The lowest BCUT2D eigenvalue weighted by molar-refractivity contribution is 0.0601. The summed E-state index contributed by atoms with van der Waals surface area (Å²) in [5, 5.41) is 14.9. The van der Waals surface area contributed by atoms with E-state index in [1.165, 1.54) is 18.4 Å². The van der Waals surface area contributed by atoms with Gasteiger partial charge >= 0.3 is 5.97 Å². The molecule has 22 heavy (non-hydrogen) atoms. The Morgan fingerprint density at radius 3 is 2.82 bits per heavy atom. The van der Waals surface area contributed by atoms with Crippen LogP contribution in [0.1, 0.15) is 26.6 Å². The number of esters is 1. The van der Waals surface area contributed by atoms with Gasteiger partial charge in [0.2, 0.25) is 0 Å². The zero-order valence-electron chi connectivity index (χ0n) is 12.5. The van der Waals surface area contributed by atoms with E-state index in [-0.39, 0.29) is 0 Å². The Morgan fingerprint density at radius 1 is 1.45 bits per heavy atom. The van der Waals surface area contributed by atoms with E-state index in [4.69, 9.17) is 4.74 Å². The summed E-state index contributed by atoms with van der Waals surface area (Å²) in [6.07, 6.45) is 1.60. The average molecular weight is 313 g/mol. The van der Waals surface area contributed by atoms with Gasteiger partial charge in [-0.1, -0.05) is 6.07 Å². The van der Waals surface area contributed by atoms with Crippen molar-refractivity contribution >= 4 is 28.6 Å². The topological polar surface area (TPSA) is 75.0 Å². The predicted molar refractivity (Wildman–Crippen MR) is 86.6 cm³/mol. The van der Waals surface area contributed by atoms with Gasteiger partial charge in [0.15, 0.2) is 0 Å². The Kier molecular flexibility index (Phi) is 4.92. The highest BCUT2D eigenvalue weighted by molar-refractivity contribution is 7.10. The normalized spacial score (nSPS) is 10.9. The van der Waals surface area contributed by atoms with Crippen molar-refractivity contribution in [2.75, 3.05) is 12.4 Å². The molecule has 0 amide bonds. The minimum Gasteiger partial charge on any atom is -0.465 e. The van der Waals surface area contributed by atoms with Gasteiger partial charge in [-0.2, -0.15) is 5.26 Å². The molecule has 0 radical (unpaired) electrons. The van der Waals surface area contributed by atoms with E-state index in [1.807, 2.05) is 25.3 Å². The van der Waals surface area contributed by atoms with Crippen LogP contribution in [0.2, 0.25) is 0 Å². The standard InChI is InChI=1S/C16H15N3O2S/c1-10-4-5-12(16(20)21-3)6-14(10)18-8-13(7-17)15-19-11(2)9-22-15/h4-6,8-9,18H,1-3H3/b13-8+. The fraction of sp³-hybridized carbons (Fsp3) is 0.188. The molecule has 6 heteroatoms. The summed E-state index contributed by atoms with van der Waals surface area (Å²) in [6, 6.07) is 7.34. The number of nitrogens with zero attached hydrogens (tertiary/aromatic N) is 2. The number of carbonyl (C=O) groups is 1. The molecule has 1 aromatic carbocycles. The number of nitrogens with one attached hydrogen (secondary N) is 1. The molecule has 2 aromatic rings. The van der Waals surface area contributed by atoms with E-state index in [1.54, 1.807) is 18.3 Å². The smallest absolute Gasteiger partial charge is 0.337 e. The summed E-state index contributed by atoms with van der Waals surface area (Å²) in [4.78, 5) is 15.9. The first-order valence-electron chi connectivity index (χ1n) is 6.53. The van der Waals surface area contributed by atoms with E-state index in [0.717, 1.165) is 16.9 Å². The van der Waals surface area contributed by atoms with Crippen LogP contribution in [0, 0.1) is 25.2 Å². The van der Waals surface area contributed by atoms with E-state index in [2.05, 4.69) is 16.4 Å². The van der Waals surface area contributed by atoms with E-state index >= 15 is 0 Å². The first-order valence-corrected chi connectivity index (χ1v) is 7.41. The van der Waals surface area contributed by atoms with Crippen molar-refractivity contribution in [3.8, 4) is 6.07 Å². The molecule has 0 atom stereocenters. The van der Waals surface area contributed by atoms with Gasteiger partial charge < -0.3 is 10.1 Å². The summed E-state index contributed by atoms with van der Waals surface area (Å²) in [6.45, 7) is 3.79. The fourth-order valence-corrected chi connectivity index (χ4v) is 2.55. The maximum atomic E-state index is 11.6. The van der Waals surface area contributed by atoms with Crippen molar-refractivity contribution in [2.24, 2.45) is 0 Å². The number of benzene rings is 1. The molecule has 0 saturated carbocycles. The maximum absolute atomic E-state index is 11.6. The number of aryl methyl sites for hydroxylation is 2. The number of allylic oxidation sites excluding steroid dienone is 1. The Balaban J connectivity index is 2.28. The lowest BCUT2D eigenvalue weighted by Crippen LogP contribution is -2.03. The van der Waals surface area contributed by atoms with Crippen molar-refractivity contribution in [2.45, 2.75) is 13.8 Å². The van der Waals surface area contributed by atoms with E-state index < -0.39 is 5.97 Å². The number of anilines is 1. The van der Waals surface area contributed by atoms with Crippen LogP contribution in [-0.4, -0.2) is 18.1 Å². The van der Waals surface area contributed by atoms with Gasteiger partial charge in [-0.15, -0.1) is 11.3 Å². The second kappa shape index (κ2) is 6.87. The third kappa shape index (κ3) is 3.51. The lowest BCUT2D eigenvalue weighted by atomic mass is 10.1. The molecule has 0 aliphatic rings. The number of aromatic nitrogens is 1. The second-order valence-electron chi connectivity index (χ2n) is 4.63. The number of methoxy groups -OCH3 is 1. The molecule has 112 valence electrons. The molecule has 1 N–H and O–H groups in total. The highest BCUT2D eigenvalue weighted by Crippen LogP contribution is 2.21. The molecule has 0 spiro atoms. The Labute approximate surface area is 132 Å². The van der Waals surface area contributed by atoms with Gasteiger partial charge in [0.05, 0.1) is 12.7 Å². The third-order valence-electron chi connectivity index (χ3n) is 3.00. The van der Waals surface area contributed by atoms with Crippen molar-refractivity contribution < 1.29 is 9.53 Å². The van der Waals surface area contributed by atoms with Gasteiger partial charge in [-0.25, -0.2) is 9.78 Å². The third-order valence-corrected chi connectivity index (χ3v) is 3.99. The Hall–Kier alpha value is -2.65. The molecule has 0 fully saturated rings. The molecule has 0 saturated heterocycles. The second-order valence-corrected chi connectivity index (χ2v) is 5.49.